The van der Waals surface area contributed by atoms with Gasteiger partial charge in [-0.15, -0.1) is 5.10 Å². The van der Waals surface area contributed by atoms with Gasteiger partial charge in [0.05, 0.1) is 6.07 Å². The second-order valence-electron chi connectivity index (χ2n) is 3.94. The van der Waals surface area contributed by atoms with E-state index in [1.165, 1.54) is 16.3 Å². The summed E-state index contributed by atoms with van der Waals surface area (Å²) >= 11 is 1.47. The first-order valence-electron chi connectivity index (χ1n) is 5.43. The number of rotatable bonds is 6. The Labute approximate surface area is 104 Å². The van der Waals surface area contributed by atoms with Crippen molar-refractivity contribution in [2.45, 2.75) is 31.0 Å². The summed E-state index contributed by atoms with van der Waals surface area (Å²) in [6, 6.07) is 2.26. The monoisotopic (exact) mass is 255 g/mol. The Morgan fingerprint density at radius 1 is 1.71 bits per heavy atom. The van der Waals surface area contributed by atoms with Crippen LogP contribution in [0, 0.1) is 11.3 Å². The van der Waals surface area contributed by atoms with E-state index in [9.17, 15) is 4.79 Å². The molecule has 0 bridgehead atoms. The highest BCUT2D eigenvalue weighted by Crippen LogP contribution is 2.18. The molecule has 1 rings (SSSR count). The number of hydrogen-bond acceptors (Lipinski definition) is 5. The van der Waals surface area contributed by atoms with Crippen molar-refractivity contribution in [3.05, 3.63) is 10.5 Å². The van der Waals surface area contributed by atoms with Gasteiger partial charge in [0.25, 0.3) is 0 Å². The van der Waals surface area contributed by atoms with Crippen molar-refractivity contribution >= 4 is 11.8 Å². The summed E-state index contributed by atoms with van der Waals surface area (Å²) in [5, 5.41) is 19.1. The molecule has 1 unspecified atom stereocenters. The van der Waals surface area contributed by atoms with Crippen LogP contribution >= 0.6 is 11.8 Å². The van der Waals surface area contributed by atoms with E-state index >= 15 is 0 Å². The topological polar surface area (TPSA) is 86.5 Å². The van der Waals surface area contributed by atoms with E-state index in [0.29, 0.717) is 11.6 Å². The molecule has 0 radical (unpaired) electrons. The summed E-state index contributed by atoms with van der Waals surface area (Å²) in [5.74, 6) is 0.731. The van der Waals surface area contributed by atoms with Crippen molar-refractivity contribution in [1.82, 2.24) is 20.1 Å². The second-order valence-corrected chi connectivity index (χ2v) is 5.01. The van der Waals surface area contributed by atoms with Gasteiger partial charge >= 0.3 is 5.69 Å². The lowest BCUT2D eigenvalue weighted by Crippen LogP contribution is -2.41. The molecule has 7 heteroatoms. The molecule has 94 valence electrons. The molecule has 0 amide bonds. The van der Waals surface area contributed by atoms with Gasteiger partial charge in [0, 0.05) is 12.8 Å². The first kappa shape index (κ1) is 13.8. The molecule has 0 saturated heterocycles. The number of nitrogens with one attached hydrogen (secondary N) is 2. The lowest BCUT2D eigenvalue weighted by molar-refractivity contribution is 0.450. The summed E-state index contributed by atoms with van der Waals surface area (Å²) < 4.78 is 1.46. The van der Waals surface area contributed by atoms with Gasteiger partial charge in [0.15, 0.2) is 5.16 Å². The lowest BCUT2D eigenvalue weighted by Gasteiger charge is -2.21. The highest BCUT2D eigenvalue weighted by atomic mass is 32.2. The standard InChI is InChI=1S/C10H17N5OS/c1-4-12-10(2,7-11)5-6-17-9-14-13-8(16)15(9)3/h12H,4-6H2,1-3H3,(H,13,16). The molecular weight excluding hydrogens is 238 g/mol. The Kier molecular flexibility index (Phi) is 4.78. The summed E-state index contributed by atoms with van der Waals surface area (Å²) in [4.78, 5) is 11.1. The van der Waals surface area contributed by atoms with Crippen LogP contribution in [0.25, 0.3) is 0 Å². The fraction of sp³-hybridized carbons (Fsp3) is 0.700. The van der Waals surface area contributed by atoms with Crippen LogP contribution in [0.4, 0.5) is 0 Å². The molecule has 0 aliphatic heterocycles. The highest BCUT2D eigenvalue weighted by molar-refractivity contribution is 7.99. The minimum Gasteiger partial charge on any atom is -0.300 e. The Morgan fingerprint density at radius 2 is 2.41 bits per heavy atom. The third kappa shape index (κ3) is 3.61. The number of nitriles is 1. The molecule has 0 fully saturated rings. The Bertz CT molecular complexity index is 460. The fourth-order valence-corrected chi connectivity index (χ4v) is 2.46. The van der Waals surface area contributed by atoms with E-state index in [1.54, 1.807) is 7.05 Å². The zero-order chi connectivity index (χ0) is 12.9. The third-order valence-corrected chi connectivity index (χ3v) is 3.52. The van der Waals surface area contributed by atoms with Gasteiger partial charge < -0.3 is 0 Å². The lowest BCUT2D eigenvalue weighted by atomic mass is 10.0. The molecule has 0 saturated carbocycles. The molecular formula is C10H17N5OS. The number of H-pyrrole nitrogens is 1. The van der Waals surface area contributed by atoms with Crippen molar-refractivity contribution in [2.24, 2.45) is 7.05 Å². The van der Waals surface area contributed by atoms with E-state index in [1.807, 2.05) is 13.8 Å². The minimum atomic E-state index is -0.517. The van der Waals surface area contributed by atoms with Crippen LogP contribution in [-0.2, 0) is 7.05 Å². The largest absolute Gasteiger partial charge is 0.343 e. The van der Waals surface area contributed by atoms with E-state index in [2.05, 4.69) is 21.6 Å². The van der Waals surface area contributed by atoms with Crippen LogP contribution in [0.5, 0.6) is 0 Å². The summed E-state index contributed by atoms with van der Waals surface area (Å²) in [7, 11) is 1.67. The van der Waals surface area contributed by atoms with Crippen LogP contribution in [0.1, 0.15) is 20.3 Å². The van der Waals surface area contributed by atoms with Crippen molar-refractivity contribution in [2.75, 3.05) is 12.3 Å². The van der Waals surface area contributed by atoms with Crippen molar-refractivity contribution in [3.63, 3.8) is 0 Å². The Hall–Kier alpha value is -1.26. The molecule has 1 aromatic heterocycles. The molecule has 2 N–H and O–H groups in total. The predicted octanol–water partition coefficient (Wildman–Crippen LogP) is 0.482. The minimum absolute atomic E-state index is 0.220. The Balaban J connectivity index is 2.50. The first-order valence-corrected chi connectivity index (χ1v) is 6.41. The quantitative estimate of drug-likeness (QED) is 0.722. The van der Waals surface area contributed by atoms with Crippen LogP contribution in [0.15, 0.2) is 9.95 Å². The number of nitrogens with zero attached hydrogens (tertiary/aromatic N) is 3. The normalized spacial score (nSPS) is 14.2. The maximum absolute atomic E-state index is 11.1. The molecule has 17 heavy (non-hydrogen) atoms. The predicted molar refractivity (Wildman–Crippen MR) is 66.9 cm³/mol. The van der Waals surface area contributed by atoms with E-state index < -0.39 is 5.54 Å². The van der Waals surface area contributed by atoms with Crippen LogP contribution in [-0.4, -0.2) is 32.6 Å². The van der Waals surface area contributed by atoms with Gasteiger partial charge in [-0.3, -0.25) is 9.88 Å². The van der Waals surface area contributed by atoms with Gasteiger partial charge in [-0.2, -0.15) is 5.26 Å². The van der Waals surface area contributed by atoms with Crippen LogP contribution in [0.3, 0.4) is 0 Å². The van der Waals surface area contributed by atoms with Crippen molar-refractivity contribution < 1.29 is 0 Å². The molecule has 1 aromatic rings. The zero-order valence-corrected chi connectivity index (χ0v) is 11.1. The fourth-order valence-electron chi connectivity index (χ4n) is 1.38. The van der Waals surface area contributed by atoms with E-state index in [4.69, 9.17) is 5.26 Å². The molecule has 1 heterocycles. The maximum Gasteiger partial charge on any atom is 0.343 e. The molecule has 6 nitrogen and oxygen atoms in total. The van der Waals surface area contributed by atoms with E-state index in [0.717, 1.165) is 12.3 Å². The van der Waals surface area contributed by atoms with Crippen LogP contribution < -0.4 is 11.0 Å². The summed E-state index contributed by atoms with van der Waals surface area (Å²) in [6.07, 6.45) is 0.697. The summed E-state index contributed by atoms with van der Waals surface area (Å²) in [5.41, 5.74) is -0.737. The highest BCUT2D eigenvalue weighted by Gasteiger charge is 2.22. The van der Waals surface area contributed by atoms with Gasteiger partial charge in [0.1, 0.15) is 5.54 Å². The second kappa shape index (κ2) is 5.89. The molecule has 0 aliphatic rings. The smallest absolute Gasteiger partial charge is 0.300 e. The average Bonchev–Trinajstić information content (AvgIpc) is 2.61. The number of thioether (sulfide) groups is 1. The number of aromatic nitrogens is 3. The van der Waals surface area contributed by atoms with Crippen LogP contribution in [0.2, 0.25) is 0 Å². The van der Waals surface area contributed by atoms with Gasteiger partial charge in [0.2, 0.25) is 0 Å². The molecule has 0 aromatic carbocycles. The Morgan fingerprint density at radius 3 is 2.88 bits per heavy atom. The molecule has 0 spiro atoms. The van der Waals surface area contributed by atoms with Gasteiger partial charge in [-0.25, -0.2) is 9.89 Å². The molecule has 0 aliphatic carbocycles. The third-order valence-electron chi connectivity index (χ3n) is 2.49. The van der Waals surface area contributed by atoms with Gasteiger partial charge in [-0.1, -0.05) is 18.7 Å². The van der Waals surface area contributed by atoms with Gasteiger partial charge in [-0.05, 0) is 19.9 Å². The number of aromatic amines is 1. The average molecular weight is 255 g/mol. The number of hydrogen-bond donors (Lipinski definition) is 2. The van der Waals surface area contributed by atoms with Crippen molar-refractivity contribution in [3.8, 4) is 6.07 Å². The first-order chi connectivity index (χ1) is 8.02. The SMILES string of the molecule is CCNC(C)(C#N)CCSc1n[nH]c(=O)n1C. The van der Waals surface area contributed by atoms with E-state index in [-0.39, 0.29) is 5.69 Å². The maximum atomic E-state index is 11.1. The van der Waals surface area contributed by atoms with Crippen molar-refractivity contribution in [1.29, 1.82) is 5.26 Å². The molecule has 1 atom stereocenters. The summed E-state index contributed by atoms with van der Waals surface area (Å²) in [6.45, 7) is 4.61. The zero-order valence-electron chi connectivity index (χ0n) is 10.3.